The van der Waals surface area contributed by atoms with Gasteiger partial charge in [-0.05, 0) is 18.6 Å². The van der Waals surface area contributed by atoms with E-state index in [1.54, 1.807) is 4.90 Å². The van der Waals surface area contributed by atoms with Crippen LogP contribution in [-0.2, 0) is 13.0 Å². The van der Waals surface area contributed by atoms with Gasteiger partial charge in [-0.1, -0.05) is 12.1 Å². The fourth-order valence-corrected chi connectivity index (χ4v) is 3.25. The van der Waals surface area contributed by atoms with Gasteiger partial charge in [-0.15, -0.1) is 0 Å². The van der Waals surface area contributed by atoms with Crippen molar-refractivity contribution in [3.05, 3.63) is 41.9 Å². The van der Waals surface area contributed by atoms with Gasteiger partial charge < -0.3 is 14.8 Å². The van der Waals surface area contributed by atoms with E-state index < -0.39 is 18.8 Å². The molecule has 0 saturated heterocycles. The molecule has 4 rings (SSSR count). The second-order valence-electron chi connectivity index (χ2n) is 6.55. The molecule has 0 aliphatic carbocycles. The number of anilines is 1. The van der Waals surface area contributed by atoms with Crippen LogP contribution in [0.15, 0.2) is 30.6 Å². The highest BCUT2D eigenvalue weighted by atomic mass is 19.4. The number of aromatic nitrogens is 2. The van der Waals surface area contributed by atoms with Gasteiger partial charge >= 0.3 is 6.18 Å². The molecule has 0 radical (unpaired) electrons. The third kappa shape index (κ3) is 4.24. The topological polar surface area (TPSA) is 59.5 Å². The van der Waals surface area contributed by atoms with Crippen LogP contribution in [0.1, 0.15) is 17.7 Å². The van der Waals surface area contributed by atoms with Crippen LogP contribution in [0.25, 0.3) is 0 Å². The third-order valence-electron chi connectivity index (χ3n) is 4.60. The predicted molar refractivity (Wildman–Crippen MR) is 91.7 cm³/mol. The molecule has 144 valence electrons. The van der Waals surface area contributed by atoms with E-state index in [2.05, 4.69) is 15.3 Å². The second kappa shape index (κ2) is 7.22. The maximum Gasteiger partial charge on any atom is 0.390 e. The number of nitrogens with one attached hydrogen (secondary N) is 1. The molecule has 1 aromatic carbocycles. The van der Waals surface area contributed by atoms with Gasteiger partial charge in [0.2, 0.25) is 6.23 Å². The molecule has 0 spiro atoms. The lowest BCUT2D eigenvalue weighted by Crippen LogP contribution is -2.38. The van der Waals surface area contributed by atoms with Crippen LogP contribution in [0.5, 0.6) is 11.5 Å². The zero-order valence-electron chi connectivity index (χ0n) is 14.5. The Morgan fingerprint density at radius 2 is 2.00 bits per heavy atom. The molecule has 0 fully saturated rings. The molecule has 2 aromatic rings. The summed E-state index contributed by atoms with van der Waals surface area (Å²) in [6.45, 7) is 1.23. The Kier molecular flexibility index (Phi) is 4.77. The van der Waals surface area contributed by atoms with Gasteiger partial charge in [0.1, 0.15) is 18.8 Å². The molecule has 1 unspecified atom stereocenters. The van der Waals surface area contributed by atoms with E-state index >= 15 is 0 Å². The largest absolute Gasteiger partial charge is 0.484 e. The number of alkyl halides is 3. The van der Waals surface area contributed by atoms with Crippen molar-refractivity contribution >= 4 is 5.82 Å². The smallest absolute Gasteiger partial charge is 0.390 e. The van der Waals surface area contributed by atoms with Crippen molar-refractivity contribution in [1.82, 2.24) is 14.9 Å². The first-order valence-corrected chi connectivity index (χ1v) is 8.75. The first-order valence-electron chi connectivity index (χ1n) is 8.75. The molecule has 0 bridgehead atoms. The van der Waals surface area contributed by atoms with Gasteiger partial charge in [0.15, 0.2) is 11.5 Å². The SMILES string of the molecule is FC(F)(F)CCN1CCc2c(ncnc2NC2COc3ccccc3O2)C1. The maximum atomic E-state index is 12.4. The van der Waals surface area contributed by atoms with Crippen molar-refractivity contribution in [1.29, 1.82) is 0 Å². The van der Waals surface area contributed by atoms with E-state index in [9.17, 15) is 13.2 Å². The number of rotatable bonds is 4. The number of halogens is 3. The van der Waals surface area contributed by atoms with Crippen LogP contribution in [0.4, 0.5) is 19.0 Å². The van der Waals surface area contributed by atoms with Gasteiger partial charge in [-0.2, -0.15) is 13.2 Å². The molecule has 6 nitrogen and oxygen atoms in total. The Balaban J connectivity index is 1.43. The molecule has 2 aliphatic rings. The number of hydrogen-bond acceptors (Lipinski definition) is 6. The Morgan fingerprint density at radius 1 is 1.19 bits per heavy atom. The lowest BCUT2D eigenvalue weighted by atomic mass is 10.1. The summed E-state index contributed by atoms with van der Waals surface area (Å²) in [6.07, 6.45) is -3.35. The second-order valence-corrected chi connectivity index (χ2v) is 6.55. The van der Waals surface area contributed by atoms with Crippen LogP contribution < -0.4 is 14.8 Å². The standard InChI is InChI=1S/C18H19F3N4O2/c19-18(20,21)6-8-25-7-5-12-13(9-25)22-11-23-17(12)24-16-10-26-14-3-1-2-4-15(14)27-16/h1-4,11,16H,5-10H2,(H,22,23,24). The Bertz CT molecular complexity index is 815. The monoisotopic (exact) mass is 380 g/mol. The fraction of sp³-hybridized carbons (Fsp3) is 0.444. The fourth-order valence-electron chi connectivity index (χ4n) is 3.25. The lowest BCUT2D eigenvalue weighted by molar-refractivity contribution is -0.138. The van der Waals surface area contributed by atoms with Crippen LogP contribution in [-0.4, -0.2) is 47.0 Å². The maximum absolute atomic E-state index is 12.4. The highest BCUT2D eigenvalue weighted by Crippen LogP contribution is 2.32. The highest BCUT2D eigenvalue weighted by Gasteiger charge is 2.30. The minimum Gasteiger partial charge on any atom is -0.484 e. The van der Waals surface area contributed by atoms with Crippen LogP contribution in [0.2, 0.25) is 0 Å². The molecule has 1 atom stereocenters. The van der Waals surface area contributed by atoms with Gasteiger partial charge in [0.25, 0.3) is 0 Å². The Labute approximate surface area is 154 Å². The average Bonchev–Trinajstić information content (AvgIpc) is 2.66. The molecule has 0 amide bonds. The van der Waals surface area contributed by atoms with Gasteiger partial charge in [0, 0.05) is 25.2 Å². The molecule has 2 aliphatic heterocycles. The third-order valence-corrected chi connectivity index (χ3v) is 4.60. The van der Waals surface area contributed by atoms with Crippen molar-refractivity contribution in [3.8, 4) is 11.5 Å². The van der Waals surface area contributed by atoms with Crippen molar-refractivity contribution in [2.45, 2.75) is 31.8 Å². The molecule has 3 heterocycles. The average molecular weight is 380 g/mol. The van der Waals surface area contributed by atoms with Gasteiger partial charge in [0.05, 0.1) is 12.1 Å². The van der Waals surface area contributed by atoms with Crippen LogP contribution in [0.3, 0.4) is 0 Å². The van der Waals surface area contributed by atoms with E-state index in [4.69, 9.17) is 9.47 Å². The van der Waals surface area contributed by atoms with E-state index in [0.717, 1.165) is 11.3 Å². The molecular weight excluding hydrogens is 361 g/mol. The number of nitrogens with zero attached hydrogens (tertiary/aromatic N) is 3. The first kappa shape index (κ1) is 17.8. The van der Waals surface area contributed by atoms with E-state index in [0.29, 0.717) is 43.4 Å². The van der Waals surface area contributed by atoms with E-state index in [-0.39, 0.29) is 6.54 Å². The van der Waals surface area contributed by atoms with Crippen molar-refractivity contribution in [3.63, 3.8) is 0 Å². The number of benzene rings is 1. The first-order chi connectivity index (χ1) is 13.0. The summed E-state index contributed by atoms with van der Waals surface area (Å²) >= 11 is 0. The molecule has 0 saturated carbocycles. The quantitative estimate of drug-likeness (QED) is 0.880. The molecule has 1 aromatic heterocycles. The Morgan fingerprint density at radius 3 is 2.81 bits per heavy atom. The number of hydrogen-bond donors (Lipinski definition) is 1. The minimum atomic E-state index is -4.15. The number of fused-ring (bicyclic) bond motifs is 2. The normalized spacial score (nSPS) is 19.4. The van der Waals surface area contributed by atoms with Crippen molar-refractivity contribution < 1.29 is 22.6 Å². The summed E-state index contributed by atoms with van der Waals surface area (Å²) in [6, 6.07) is 7.42. The summed E-state index contributed by atoms with van der Waals surface area (Å²) < 4.78 is 48.9. The lowest BCUT2D eigenvalue weighted by Gasteiger charge is -2.31. The van der Waals surface area contributed by atoms with Gasteiger partial charge in [-0.3, -0.25) is 4.90 Å². The zero-order valence-corrected chi connectivity index (χ0v) is 14.5. The minimum absolute atomic E-state index is 0.0218. The van der Waals surface area contributed by atoms with Crippen LogP contribution in [0, 0.1) is 0 Å². The summed E-state index contributed by atoms with van der Waals surface area (Å²) in [5, 5.41) is 3.22. The number of ether oxygens (including phenoxy) is 2. The van der Waals surface area contributed by atoms with Gasteiger partial charge in [-0.25, -0.2) is 9.97 Å². The van der Waals surface area contributed by atoms with Crippen molar-refractivity contribution in [2.75, 3.05) is 25.0 Å². The van der Waals surface area contributed by atoms with Crippen LogP contribution >= 0.6 is 0 Å². The molecule has 9 heteroatoms. The molecule has 27 heavy (non-hydrogen) atoms. The summed E-state index contributed by atoms with van der Waals surface area (Å²) in [5.74, 6) is 1.99. The highest BCUT2D eigenvalue weighted by molar-refractivity contribution is 5.48. The Hall–Kier alpha value is -2.55. The van der Waals surface area contributed by atoms with E-state index in [1.165, 1.54) is 6.33 Å². The number of para-hydroxylation sites is 2. The van der Waals surface area contributed by atoms with E-state index in [1.807, 2.05) is 24.3 Å². The predicted octanol–water partition coefficient (Wildman–Crippen LogP) is 3.00. The van der Waals surface area contributed by atoms with Crippen molar-refractivity contribution in [2.24, 2.45) is 0 Å². The summed E-state index contributed by atoms with van der Waals surface area (Å²) in [7, 11) is 0. The molecule has 1 N–H and O–H groups in total. The zero-order chi connectivity index (χ0) is 18.9. The summed E-state index contributed by atoms with van der Waals surface area (Å²) in [4.78, 5) is 10.3. The molecular formula is C18H19F3N4O2. The summed E-state index contributed by atoms with van der Waals surface area (Å²) in [5.41, 5.74) is 1.67.